The number of hydrogen-bond acceptors (Lipinski definition) is 6. The number of carbonyl (C=O) groups excluding carboxylic acids is 1. The molecule has 0 saturated heterocycles. The smallest absolute Gasteiger partial charge is 0.457 e. The normalized spacial score (nSPS) is 14.1. The molecule has 1 N–H and O–H groups in total. The molecule has 0 bridgehead atoms. The predicted octanol–water partition coefficient (Wildman–Crippen LogP) is 13.9. The van der Waals surface area contributed by atoms with E-state index in [0.717, 1.165) is 57.8 Å². The Morgan fingerprint density at radius 2 is 1.02 bits per heavy atom. The Bertz CT molecular complexity index is 1050. The van der Waals surface area contributed by atoms with Crippen LogP contribution in [0.1, 0.15) is 194 Å². The van der Waals surface area contributed by atoms with Gasteiger partial charge in [-0.05, 0) is 70.6 Å². The van der Waals surface area contributed by atoms with Crippen LogP contribution in [0.5, 0.6) is 0 Å². The Morgan fingerprint density at radius 3 is 1.54 bits per heavy atom. The average Bonchev–Trinajstić information content (AvgIpc) is 3.16. The monoisotopic (exact) mass is 825 g/mol. The molecule has 8 nitrogen and oxygen atoms in total. The molecule has 9 heteroatoms. The summed E-state index contributed by atoms with van der Waals surface area (Å²) in [6.07, 6.45) is 50.0. The summed E-state index contributed by atoms with van der Waals surface area (Å²) in [6, 6.07) is 0. The molecule has 0 rings (SSSR count). The largest absolute Gasteiger partial charge is 0.472 e. The SMILES string of the molecule is CC/C=C\C/C=C\C/C=C\CCCCCCCCCC(=O)OC(COCCCCCCCCCC/C=C\CCCCCCCC)COP(=O)(O)OCC[N+](C)(C)C. The van der Waals surface area contributed by atoms with Gasteiger partial charge in [0.25, 0.3) is 0 Å². The van der Waals surface area contributed by atoms with Crippen LogP contribution < -0.4 is 0 Å². The Labute approximate surface area is 352 Å². The third-order valence-corrected chi connectivity index (χ3v) is 10.9. The first-order chi connectivity index (χ1) is 27.6. The van der Waals surface area contributed by atoms with Gasteiger partial charge in [-0.1, -0.05) is 165 Å². The summed E-state index contributed by atoms with van der Waals surface area (Å²) >= 11 is 0. The first kappa shape index (κ1) is 55.5. The Balaban J connectivity index is 4.22. The molecule has 0 radical (unpaired) electrons. The number of phosphoric ester groups is 1. The molecule has 0 aromatic heterocycles. The minimum atomic E-state index is -4.28. The summed E-state index contributed by atoms with van der Waals surface area (Å²) in [6.45, 7) is 5.50. The molecular formula is C48H91NO7P+. The van der Waals surface area contributed by atoms with Crippen molar-refractivity contribution in [2.75, 3.05) is 54.1 Å². The van der Waals surface area contributed by atoms with E-state index in [1.165, 1.54) is 116 Å². The topological polar surface area (TPSA) is 91.3 Å². The quantitative estimate of drug-likeness (QED) is 0.0215. The van der Waals surface area contributed by atoms with E-state index >= 15 is 0 Å². The second kappa shape index (κ2) is 41.2. The maximum atomic E-state index is 12.7. The second-order valence-corrected chi connectivity index (χ2v) is 18.2. The molecular weight excluding hydrogens is 734 g/mol. The standard InChI is InChI=1S/C48H90NO7P/c1-6-8-10-12-14-16-18-20-22-24-26-28-30-32-34-36-38-40-43-53-45-47(46-55-57(51,52)54-44-42-49(3,4)5)56-48(50)41-39-37-35-33-31-29-27-25-23-21-19-17-15-13-11-9-7-2/h9,11,15,17,20-23,47H,6-8,10,12-14,16,18-19,24-46H2,1-5H3/p+1/b11-9-,17-15-,22-20-,23-21-. The van der Waals surface area contributed by atoms with E-state index in [1.807, 2.05) is 21.1 Å². The molecule has 0 saturated carbocycles. The zero-order valence-corrected chi connectivity index (χ0v) is 38.7. The molecule has 0 heterocycles. The molecule has 2 atom stereocenters. The van der Waals surface area contributed by atoms with Crippen molar-refractivity contribution in [3.8, 4) is 0 Å². The predicted molar refractivity (Wildman–Crippen MR) is 243 cm³/mol. The van der Waals surface area contributed by atoms with Gasteiger partial charge in [0, 0.05) is 13.0 Å². The van der Waals surface area contributed by atoms with Crippen molar-refractivity contribution in [3.05, 3.63) is 48.6 Å². The van der Waals surface area contributed by atoms with Gasteiger partial charge in [0.1, 0.15) is 19.3 Å². The molecule has 0 aromatic carbocycles. The average molecular weight is 825 g/mol. The first-order valence-electron chi connectivity index (χ1n) is 23.4. The number of carbonyl (C=O) groups is 1. The number of hydrogen-bond donors (Lipinski definition) is 1. The fraction of sp³-hybridized carbons (Fsp3) is 0.812. The van der Waals surface area contributed by atoms with E-state index in [9.17, 15) is 14.3 Å². The number of esters is 1. The van der Waals surface area contributed by atoms with Gasteiger partial charge >= 0.3 is 13.8 Å². The van der Waals surface area contributed by atoms with Crippen molar-refractivity contribution < 1.29 is 37.3 Å². The van der Waals surface area contributed by atoms with Gasteiger partial charge < -0.3 is 18.9 Å². The van der Waals surface area contributed by atoms with Gasteiger partial charge in [0.05, 0.1) is 34.4 Å². The lowest BCUT2D eigenvalue weighted by Crippen LogP contribution is -2.37. The van der Waals surface area contributed by atoms with Crippen molar-refractivity contribution in [2.45, 2.75) is 200 Å². The van der Waals surface area contributed by atoms with Crippen LogP contribution in [0.2, 0.25) is 0 Å². The third-order valence-electron chi connectivity index (χ3n) is 9.87. The van der Waals surface area contributed by atoms with Gasteiger partial charge in [-0.15, -0.1) is 0 Å². The number of likely N-dealkylation sites (N-methyl/N-ethyl adjacent to an activating group) is 1. The van der Waals surface area contributed by atoms with Crippen molar-refractivity contribution in [3.63, 3.8) is 0 Å². The van der Waals surface area contributed by atoms with E-state index in [0.29, 0.717) is 24.1 Å². The zero-order chi connectivity index (χ0) is 42.0. The Morgan fingerprint density at radius 1 is 0.561 bits per heavy atom. The van der Waals surface area contributed by atoms with E-state index in [1.54, 1.807) is 0 Å². The highest BCUT2D eigenvalue weighted by molar-refractivity contribution is 7.47. The lowest BCUT2D eigenvalue weighted by atomic mass is 10.1. The number of rotatable bonds is 43. The van der Waals surface area contributed by atoms with Crippen LogP contribution in [-0.2, 0) is 27.9 Å². The minimum absolute atomic E-state index is 0.0847. The maximum Gasteiger partial charge on any atom is 0.472 e. The van der Waals surface area contributed by atoms with E-state index in [4.69, 9.17) is 18.5 Å². The minimum Gasteiger partial charge on any atom is -0.457 e. The molecule has 0 spiro atoms. The van der Waals surface area contributed by atoms with Gasteiger partial charge in [0.2, 0.25) is 0 Å². The third kappa shape index (κ3) is 45.4. The van der Waals surface area contributed by atoms with Crippen LogP contribution >= 0.6 is 7.82 Å². The van der Waals surface area contributed by atoms with Gasteiger partial charge in [-0.25, -0.2) is 4.57 Å². The molecule has 0 aliphatic rings. The van der Waals surface area contributed by atoms with Gasteiger partial charge in [0.15, 0.2) is 0 Å². The summed E-state index contributed by atoms with van der Waals surface area (Å²) in [5, 5.41) is 0. The first-order valence-corrected chi connectivity index (χ1v) is 24.9. The van der Waals surface area contributed by atoms with Crippen LogP contribution in [0.4, 0.5) is 0 Å². The molecule has 0 fully saturated rings. The number of nitrogens with zero attached hydrogens (tertiary/aromatic N) is 1. The molecule has 334 valence electrons. The van der Waals surface area contributed by atoms with Gasteiger partial charge in [-0.3, -0.25) is 13.8 Å². The number of allylic oxidation sites excluding steroid dienone is 8. The second-order valence-electron chi connectivity index (χ2n) is 16.8. The highest BCUT2D eigenvalue weighted by Crippen LogP contribution is 2.43. The molecule has 0 aliphatic carbocycles. The fourth-order valence-corrected chi connectivity index (χ4v) is 7.01. The highest BCUT2D eigenvalue weighted by Gasteiger charge is 2.26. The molecule has 57 heavy (non-hydrogen) atoms. The number of quaternary nitrogens is 1. The van der Waals surface area contributed by atoms with Crippen LogP contribution in [0.25, 0.3) is 0 Å². The van der Waals surface area contributed by atoms with Crippen LogP contribution in [0.3, 0.4) is 0 Å². The van der Waals surface area contributed by atoms with Crippen molar-refractivity contribution in [2.24, 2.45) is 0 Å². The Hall–Kier alpha value is -1.54. The number of unbranched alkanes of at least 4 members (excludes halogenated alkanes) is 21. The zero-order valence-electron chi connectivity index (χ0n) is 37.8. The molecule has 0 aromatic rings. The van der Waals surface area contributed by atoms with Crippen LogP contribution in [0.15, 0.2) is 48.6 Å². The molecule has 0 amide bonds. The Kier molecular flexibility index (Phi) is 40.1. The lowest BCUT2D eigenvalue weighted by molar-refractivity contribution is -0.870. The van der Waals surface area contributed by atoms with Crippen molar-refractivity contribution >= 4 is 13.8 Å². The number of phosphoric acid groups is 1. The summed E-state index contributed by atoms with van der Waals surface area (Å²) in [7, 11) is 1.66. The summed E-state index contributed by atoms with van der Waals surface area (Å²) in [5.74, 6) is -0.325. The summed E-state index contributed by atoms with van der Waals surface area (Å²) in [4.78, 5) is 22.9. The summed E-state index contributed by atoms with van der Waals surface area (Å²) < 4.78 is 35.1. The van der Waals surface area contributed by atoms with Crippen molar-refractivity contribution in [1.82, 2.24) is 0 Å². The van der Waals surface area contributed by atoms with E-state index < -0.39 is 13.9 Å². The van der Waals surface area contributed by atoms with Crippen LogP contribution in [-0.4, -0.2) is 75.6 Å². The van der Waals surface area contributed by atoms with Crippen molar-refractivity contribution in [1.29, 1.82) is 0 Å². The van der Waals surface area contributed by atoms with Crippen LogP contribution in [0, 0.1) is 0 Å². The number of ether oxygens (including phenoxy) is 2. The highest BCUT2D eigenvalue weighted by atomic mass is 31.2. The summed E-state index contributed by atoms with van der Waals surface area (Å²) in [5.41, 5.74) is 0. The lowest BCUT2D eigenvalue weighted by Gasteiger charge is -2.24. The molecule has 2 unspecified atom stereocenters. The van der Waals surface area contributed by atoms with E-state index in [-0.39, 0.29) is 25.8 Å². The fourth-order valence-electron chi connectivity index (χ4n) is 6.27. The van der Waals surface area contributed by atoms with Gasteiger partial charge in [-0.2, -0.15) is 0 Å². The van der Waals surface area contributed by atoms with E-state index in [2.05, 4.69) is 62.5 Å². The maximum absolute atomic E-state index is 12.7. The molecule has 0 aliphatic heterocycles.